The molecular weight excluding hydrogens is 276 g/mol. The van der Waals surface area contributed by atoms with E-state index < -0.39 is 18.4 Å². The van der Waals surface area contributed by atoms with E-state index in [0.717, 1.165) is 11.3 Å². The Bertz CT molecular complexity index is 458. The summed E-state index contributed by atoms with van der Waals surface area (Å²) in [6, 6.07) is 7.59. The normalized spacial score (nSPS) is 24.8. The first-order chi connectivity index (χ1) is 10.2. The zero-order valence-electron chi connectivity index (χ0n) is 12.4. The molecule has 1 aliphatic rings. The number of rotatable bonds is 6. The van der Waals surface area contributed by atoms with Gasteiger partial charge in [0.1, 0.15) is 11.9 Å². The summed E-state index contributed by atoms with van der Waals surface area (Å²) in [5, 5.41) is 0. The third-order valence-corrected chi connectivity index (χ3v) is 3.37. The van der Waals surface area contributed by atoms with Crippen LogP contribution in [-0.4, -0.2) is 45.8 Å². The van der Waals surface area contributed by atoms with Crippen LogP contribution in [0.25, 0.3) is 0 Å². The van der Waals surface area contributed by atoms with Crippen molar-refractivity contribution >= 4 is 5.97 Å². The largest absolute Gasteiger partial charge is 0.497 e. The molecule has 1 heterocycles. The van der Waals surface area contributed by atoms with Crippen LogP contribution in [0.1, 0.15) is 12.0 Å². The predicted molar refractivity (Wildman–Crippen MR) is 73.9 cm³/mol. The zero-order chi connectivity index (χ0) is 15.2. The Hall–Kier alpha value is -1.63. The highest BCUT2D eigenvalue weighted by molar-refractivity contribution is 5.74. The topological polar surface area (TPSA) is 63.2 Å². The van der Waals surface area contributed by atoms with Gasteiger partial charge in [-0.1, -0.05) is 12.1 Å². The lowest BCUT2D eigenvalue weighted by Crippen LogP contribution is -2.26. The maximum absolute atomic E-state index is 11.5. The van der Waals surface area contributed by atoms with Crippen LogP contribution in [0.15, 0.2) is 24.3 Å². The lowest BCUT2D eigenvalue weighted by atomic mass is 10.2. The van der Waals surface area contributed by atoms with Gasteiger partial charge in [-0.05, 0) is 17.7 Å². The molecule has 116 valence electrons. The number of hydrogen-bond donors (Lipinski definition) is 0. The van der Waals surface area contributed by atoms with Crippen LogP contribution in [0.3, 0.4) is 0 Å². The molecule has 6 nitrogen and oxygen atoms in total. The molecule has 0 aromatic heterocycles. The van der Waals surface area contributed by atoms with E-state index in [2.05, 4.69) is 4.74 Å². The highest BCUT2D eigenvalue weighted by Gasteiger charge is 2.40. The molecule has 0 aliphatic carbocycles. The monoisotopic (exact) mass is 296 g/mol. The molecule has 1 unspecified atom stereocenters. The van der Waals surface area contributed by atoms with Gasteiger partial charge >= 0.3 is 5.97 Å². The summed E-state index contributed by atoms with van der Waals surface area (Å²) in [5.74, 6) is 0.385. The van der Waals surface area contributed by atoms with Gasteiger partial charge in [0, 0.05) is 13.5 Å². The lowest BCUT2D eigenvalue weighted by Gasteiger charge is -2.17. The van der Waals surface area contributed by atoms with Crippen molar-refractivity contribution in [1.82, 2.24) is 0 Å². The maximum atomic E-state index is 11.5. The smallest absolute Gasteiger partial charge is 0.335 e. The van der Waals surface area contributed by atoms with Crippen molar-refractivity contribution in [2.45, 2.75) is 31.5 Å². The fourth-order valence-corrected chi connectivity index (χ4v) is 2.19. The van der Waals surface area contributed by atoms with Crippen molar-refractivity contribution in [3.8, 4) is 5.75 Å². The zero-order valence-corrected chi connectivity index (χ0v) is 12.4. The first-order valence-corrected chi connectivity index (χ1v) is 6.68. The molecular formula is C15H20O6. The van der Waals surface area contributed by atoms with E-state index in [1.807, 2.05) is 24.3 Å². The van der Waals surface area contributed by atoms with E-state index in [9.17, 15) is 4.79 Å². The van der Waals surface area contributed by atoms with E-state index in [0.29, 0.717) is 13.0 Å². The first kappa shape index (κ1) is 15.8. The van der Waals surface area contributed by atoms with Crippen LogP contribution in [0, 0.1) is 0 Å². The number of carbonyl (C=O) groups excluding carboxylic acids is 1. The van der Waals surface area contributed by atoms with Gasteiger partial charge in [0.25, 0.3) is 0 Å². The third kappa shape index (κ3) is 3.93. The van der Waals surface area contributed by atoms with E-state index >= 15 is 0 Å². The van der Waals surface area contributed by atoms with E-state index in [4.69, 9.17) is 18.9 Å². The van der Waals surface area contributed by atoms with Gasteiger partial charge in [0.15, 0.2) is 12.4 Å². The quantitative estimate of drug-likeness (QED) is 0.742. The van der Waals surface area contributed by atoms with Crippen LogP contribution >= 0.6 is 0 Å². The number of methoxy groups -OCH3 is 3. The molecule has 0 radical (unpaired) electrons. The summed E-state index contributed by atoms with van der Waals surface area (Å²) in [4.78, 5) is 11.5. The molecule has 2 rings (SSSR count). The van der Waals surface area contributed by atoms with Crippen molar-refractivity contribution in [2.24, 2.45) is 0 Å². The summed E-state index contributed by atoms with van der Waals surface area (Å²) < 4.78 is 26.2. The Kier molecular flexibility index (Phi) is 5.55. The number of esters is 1. The number of ether oxygens (including phenoxy) is 5. The fraction of sp³-hybridized carbons (Fsp3) is 0.533. The van der Waals surface area contributed by atoms with E-state index in [-0.39, 0.29) is 6.10 Å². The Balaban J connectivity index is 1.90. The molecule has 0 bridgehead atoms. The number of hydrogen-bond acceptors (Lipinski definition) is 6. The Morgan fingerprint density at radius 2 is 1.95 bits per heavy atom. The van der Waals surface area contributed by atoms with Crippen molar-refractivity contribution in [1.29, 1.82) is 0 Å². The van der Waals surface area contributed by atoms with Crippen LogP contribution in [0.2, 0.25) is 0 Å². The predicted octanol–water partition coefficient (Wildman–Crippen LogP) is 1.51. The molecule has 0 amide bonds. The average Bonchev–Trinajstić information content (AvgIpc) is 2.96. The van der Waals surface area contributed by atoms with E-state index in [1.54, 1.807) is 7.11 Å². The van der Waals surface area contributed by atoms with Gasteiger partial charge in [-0.25, -0.2) is 4.79 Å². The number of benzene rings is 1. The summed E-state index contributed by atoms with van der Waals surface area (Å²) in [6.45, 7) is 0.409. The summed E-state index contributed by atoms with van der Waals surface area (Å²) in [5.41, 5.74) is 1.01. The van der Waals surface area contributed by atoms with Crippen molar-refractivity contribution < 1.29 is 28.5 Å². The lowest BCUT2D eigenvalue weighted by molar-refractivity contribution is -0.179. The molecule has 1 aromatic rings. The highest BCUT2D eigenvalue weighted by Crippen LogP contribution is 2.25. The Labute approximate surface area is 123 Å². The summed E-state index contributed by atoms with van der Waals surface area (Å²) in [6.07, 6.45) is -1.09. The Morgan fingerprint density at radius 1 is 1.24 bits per heavy atom. The minimum Gasteiger partial charge on any atom is -0.497 e. The second-order valence-corrected chi connectivity index (χ2v) is 4.69. The second-order valence-electron chi connectivity index (χ2n) is 4.69. The highest BCUT2D eigenvalue weighted by atomic mass is 16.7. The van der Waals surface area contributed by atoms with Crippen molar-refractivity contribution in [3.05, 3.63) is 29.8 Å². The first-order valence-electron chi connectivity index (χ1n) is 6.68. The van der Waals surface area contributed by atoms with Crippen LogP contribution in [0.5, 0.6) is 5.75 Å². The minimum atomic E-state index is -0.638. The molecule has 6 heteroatoms. The van der Waals surface area contributed by atoms with Gasteiger partial charge in [0.05, 0.1) is 20.8 Å². The molecule has 3 atom stereocenters. The molecule has 1 fully saturated rings. The van der Waals surface area contributed by atoms with Gasteiger partial charge < -0.3 is 23.7 Å². The van der Waals surface area contributed by atoms with Crippen LogP contribution in [0.4, 0.5) is 0 Å². The van der Waals surface area contributed by atoms with Gasteiger partial charge in [-0.3, -0.25) is 0 Å². The van der Waals surface area contributed by atoms with Crippen LogP contribution in [-0.2, 0) is 30.3 Å². The number of carbonyl (C=O) groups is 1. The maximum Gasteiger partial charge on any atom is 0.335 e. The van der Waals surface area contributed by atoms with Gasteiger partial charge in [-0.15, -0.1) is 0 Å². The molecule has 1 aromatic carbocycles. The third-order valence-electron chi connectivity index (χ3n) is 3.37. The molecule has 0 saturated carbocycles. The SMILES string of the molecule is COC(=O)[C@H]1C[C@@H](OCc2ccc(OC)cc2)C(OC)O1. The van der Waals surface area contributed by atoms with Crippen LogP contribution < -0.4 is 4.74 Å². The minimum absolute atomic E-state index is 0.304. The molecule has 1 saturated heterocycles. The molecule has 0 N–H and O–H groups in total. The van der Waals surface area contributed by atoms with Crippen molar-refractivity contribution in [2.75, 3.05) is 21.3 Å². The molecule has 0 spiro atoms. The van der Waals surface area contributed by atoms with Gasteiger partial charge in [0.2, 0.25) is 0 Å². The second kappa shape index (κ2) is 7.40. The Morgan fingerprint density at radius 3 is 2.52 bits per heavy atom. The molecule has 21 heavy (non-hydrogen) atoms. The van der Waals surface area contributed by atoms with Gasteiger partial charge in [-0.2, -0.15) is 0 Å². The molecule has 1 aliphatic heterocycles. The summed E-state index contributed by atoms with van der Waals surface area (Å²) >= 11 is 0. The fourth-order valence-electron chi connectivity index (χ4n) is 2.19. The standard InChI is InChI=1S/C15H20O6/c1-17-11-6-4-10(5-7-11)9-20-13-8-12(14(16)18-2)21-15(13)19-3/h4-7,12-13,15H,8-9H2,1-3H3/t12-,13-,15?/m1/s1. The van der Waals surface area contributed by atoms with E-state index in [1.165, 1.54) is 14.2 Å². The van der Waals surface area contributed by atoms with Crippen molar-refractivity contribution in [3.63, 3.8) is 0 Å². The summed E-state index contributed by atoms with van der Waals surface area (Å²) in [7, 11) is 4.48. The average molecular weight is 296 g/mol.